The summed E-state index contributed by atoms with van der Waals surface area (Å²) in [5, 5.41) is 0.617. The molecule has 0 fully saturated rings. The number of ether oxygens (including phenoxy) is 1. The smallest absolute Gasteiger partial charge is 0.320 e. The van der Waals surface area contributed by atoms with Crippen LogP contribution in [0.1, 0.15) is 0 Å². The Labute approximate surface area is 99.9 Å². The zero-order chi connectivity index (χ0) is 11.3. The fourth-order valence-electron chi connectivity index (χ4n) is 0.795. The van der Waals surface area contributed by atoms with E-state index in [4.69, 9.17) is 5.73 Å². The second-order valence-corrected chi connectivity index (χ2v) is 4.66. The zero-order valence-electron chi connectivity index (χ0n) is 8.01. The molecule has 1 atom stereocenters. The lowest BCUT2D eigenvalue weighted by atomic mass is 10.5. The Hall–Kier alpha value is -0.820. The summed E-state index contributed by atoms with van der Waals surface area (Å²) in [4.78, 5) is 18.6. The number of esters is 1. The molecule has 2 N–H and O–H groups in total. The summed E-state index contributed by atoms with van der Waals surface area (Å²) in [6.45, 7) is 0. The molecule has 0 saturated carbocycles. The summed E-state index contributed by atoms with van der Waals surface area (Å²) in [6, 6.07) is 0. The molecule has 0 aliphatic heterocycles. The number of nitrogen functional groups attached to an aromatic ring is 1. The van der Waals surface area contributed by atoms with Crippen molar-refractivity contribution in [2.24, 2.45) is 0 Å². The molecular formula is C8H10BrN3O2S. The van der Waals surface area contributed by atoms with Gasteiger partial charge in [-0.15, -0.1) is 11.8 Å². The van der Waals surface area contributed by atoms with Crippen LogP contribution in [-0.4, -0.2) is 33.6 Å². The van der Waals surface area contributed by atoms with Crippen LogP contribution in [0.4, 0.5) is 5.82 Å². The van der Waals surface area contributed by atoms with Crippen molar-refractivity contribution in [2.45, 2.75) is 9.85 Å². The molecule has 0 aliphatic rings. The molecule has 82 valence electrons. The molecule has 0 amide bonds. The van der Waals surface area contributed by atoms with Gasteiger partial charge in [0.15, 0.2) is 5.82 Å². The number of alkyl halides is 1. The standard InChI is InChI=1S/C8H10BrN3O2S/c1-14-8(13)5(9)4-15-7-6(10)11-2-3-12-7/h2-3,5H,4H2,1H3,(H2,10,11). The molecular weight excluding hydrogens is 282 g/mol. The van der Waals surface area contributed by atoms with Gasteiger partial charge in [-0.1, -0.05) is 15.9 Å². The van der Waals surface area contributed by atoms with Gasteiger partial charge in [-0.05, 0) is 0 Å². The van der Waals surface area contributed by atoms with Crippen LogP contribution in [0.25, 0.3) is 0 Å². The summed E-state index contributed by atoms with van der Waals surface area (Å²) >= 11 is 4.55. The van der Waals surface area contributed by atoms with E-state index < -0.39 is 0 Å². The number of nitrogens with two attached hydrogens (primary N) is 1. The van der Waals surface area contributed by atoms with Gasteiger partial charge in [-0.2, -0.15) is 0 Å². The highest BCUT2D eigenvalue weighted by molar-refractivity contribution is 9.10. The van der Waals surface area contributed by atoms with Crippen LogP contribution in [0.3, 0.4) is 0 Å². The largest absolute Gasteiger partial charge is 0.468 e. The highest BCUT2D eigenvalue weighted by atomic mass is 79.9. The van der Waals surface area contributed by atoms with Crippen molar-refractivity contribution in [2.75, 3.05) is 18.6 Å². The Morgan fingerprint density at radius 3 is 2.93 bits per heavy atom. The average molecular weight is 292 g/mol. The normalized spacial score (nSPS) is 12.1. The van der Waals surface area contributed by atoms with Crippen LogP contribution >= 0.6 is 27.7 Å². The van der Waals surface area contributed by atoms with Crippen LogP contribution < -0.4 is 5.73 Å². The van der Waals surface area contributed by atoms with E-state index in [0.717, 1.165) is 0 Å². The molecule has 5 nitrogen and oxygen atoms in total. The Morgan fingerprint density at radius 2 is 2.33 bits per heavy atom. The molecule has 15 heavy (non-hydrogen) atoms. The van der Waals surface area contributed by atoms with E-state index in [9.17, 15) is 4.79 Å². The van der Waals surface area contributed by atoms with Crippen molar-refractivity contribution in [3.63, 3.8) is 0 Å². The van der Waals surface area contributed by atoms with Crippen LogP contribution in [0.2, 0.25) is 0 Å². The van der Waals surface area contributed by atoms with Gasteiger partial charge in [0.2, 0.25) is 0 Å². The first kappa shape index (κ1) is 12.3. The summed E-state index contributed by atoms with van der Waals surface area (Å²) in [5.41, 5.74) is 5.59. The van der Waals surface area contributed by atoms with Crippen LogP contribution in [0, 0.1) is 0 Å². The summed E-state index contributed by atoms with van der Waals surface area (Å²) < 4.78 is 4.56. The van der Waals surface area contributed by atoms with E-state index in [1.54, 1.807) is 6.20 Å². The van der Waals surface area contributed by atoms with Crippen LogP contribution in [0.15, 0.2) is 17.4 Å². The Balaban J connectivity index is 2.50. The third kappa shape index (κ3) is 3.67. The predicted octanol–water partition coefficient (Wildman–Crippen LogP) is 1.09. The van der Waals surface area contributed by atoms with Gasteiger partial charge in [0.1, 0.15) is 9.85 Å². The van der Waals surface area contributed by atoms with Gasteiger partial charge in [-0.3, -0.25) is 4.79 Å². The molecule has 0 aromatic carbocycles. The van der Waals surface area contributed by atoms with Crippen molar-refractivity contribution in [3.8, 4) is 0 Å². The number of hydrogen-bond acceptors (Lipinski definition) is 6. The number of carbonyl (C=O) groups excluding carboxylic acids is 1. The maximum atomic E-state index is 11.1. The number of methoxy groups -OCH3 is 1. The Kier molecular flexibility index (Phi) is 4.83. The van der Waals surface area contributed by atoms with E-state index in [-0.39, 0.29) is 10.8 Å². The fraction of sp³-hybridized carbons (Fsp3) is 0.375. The molecule has 0 bridgehead atoms. The van der Waals surface area contributed by atoms with Gasteiger partial charge in [-0.25, -0.2) is 9.97 Å². The van der Waals surface area contributed by atoms with Gasteiger partial charge >= 0.3 is 5.97 Å². The minimum atomic E-state index is -0.367. The molecule has 0 spiro atoms. The summed E-state index contributed by atoms with van der Waals surface area (Å²) in [5.74, 6) is 0.548. The van der Waals surface area contributed by atoms with Gasteiger partial charge in [0.05, 0.1) is 7.11 Å². The first-order valence-electron chi connectivity index (χ1n) is 4.06. The molecule has 1 aromatic heterocycles. The van der Waals surface area contributed by atoms with E-state index in [1.165, 1.54) is 25.1 Å². The lowest BCUT2D eigenvalue weighted by Gasteiger charge is -2.07. The summed E-state index contributed by atoms with van der Waals surface area (Å²) in [7, 11) is 1.35. The number of rotatable bonds is 4. The summed E-state index contributed by atoms with van der Waals surface area (Å²) in [6.07, 6.45) is 3.07. The topological polar surface area (TPSA) is 78.1 Å². The average Bonchev–Trinajstić information content (AvgIpc) is 2.26. The molecule has 1 unspecified atom stereocenters. The highest BCUT2D eigenvalue weighted by Crippen LogP contribution is 2.22. The van der Waals surface area contributed by atoms with Crippen LogP contribution in [-0.2, 0) is 9.53 Å². The lowest BCUT2D eigenvalue weighted by molar-refractivity contribution is -0.139. The van der Waals surface area contributed by atoms with E-state index in [1.807, 2.05) is 0 Å². The number of anilines is 1. The first-order chi connectivity index (χ1) is 7.15. The third-order valence-electron chi connectivity index (χ3n) is 1.51. The number of carbonyl (C=O) groups is 1. The fourth-order valence-corrected chi connectivity index (χ4v) is 2.15. The van der Waals surface area contributed by atoms with E-state index >= 15 is 0 Å². The quantitative estimate of drug-likeness (QED) is 0.508. The SMILES string of the molecule is COC(=O)C(Br)CSc1nccnc1N. The molecule has 7 heteroatoms. The number of thioether (sulfide) groups is 1. The molecule has 1 rings (SSSR count). The first-order valence-corrected chi connectivity index (χ1v) is 5.96. The van der Waals surface area contributed by atoms with Gasteiger partial charge in [0.25, 0.3) is 0 Å². The highest BCUT2D eigenvalue weighted by Gasteiger charge is 2.16. The van der Waals surface area contributed by atoms with Crippen molar-refractivity contribution in [1.29, 1.82) is 0 Å². The number of halogens is 1. The van der Waals surface area contributed by atoms with Crippen molar-refractivity contribution >= 4 is 39.5 Å². The molecule has 0 saturated heterocycles. The second-order valence-electron chi connectivity index (χ2n) is 2.55. The number of aromatic nitrogens is 2. The molecule has 0 aliphatic carbocycles. The molecule has 0 radical (unpaired) electrons. The van der Waals surface area contributed by atoms with Crippen molar-refractivity contribution in [1.82, 2.24) is 9.97 Å². The van der Waals surface area contributed by atoms with E-state index in [2.05, 4.69) is 30.6 Å². The molecule has 1 aromatic rings. The zero-order valence-corrected chi connectivity index (χ0v) is 10.4. The Bertz CT molecular complexity index is 350. The molecule has 1 heterocycles. The minimum Gasteiger partial charge on any atom is -0.468 e. The lowest BCUT2D eigenvalue weighted by Crippen LogP contribution is -2.18. The van der Waals surface area contributed by atoms with Gasteiger partial charge in [0, 0.05) is 18.1 Å². The maximum absolute atomic E-state index is 11.1. The number of nitrogens with zero attached hydrogens (tertiary/aromatic N) is 2. The minimum absolute atomic E-state index is 0.315. The van der Waals surface area contributed by atoms with Crippen molar-refractivity contribution in [3.05, 3.63) is 12.4 Å². The monoisotopic (exact) mass is 291 g/mol. The van der Waals surface area contributed by atoms with E-state index in [0.29, 0.717) is 16.6 Å². The number of hydrogen-bond donors (Lipinski definition) is 1. The van der Waals surface area contributed by atoms with Crippen LogP contribution in [0.5, 0.6) is 0 Å². The maximum Gasteiger partial charge on any atom is 0.320 e. The third-order valence-corrected chi connectivity index (χ3v) is 3.73. The van der Waals surface area contributed by atoms with Crippen molar-refractivity contribution < 1.29 is 9.53 Å². The Morgan fingerprint density at radius 1 is 1.67 bits per heavy atom. The van der Waals surface area contributed by atoms with Gasteiger partial charge < -0.3 is 10.5 Å². The second kappa shape index (κ2) is 5.92. The predicted molar refractivity (Wildman–Crippen MR) is 61.9 cm³/mol.